The van der Waals surface area contributed by atoms with Crippen LogP contribution in [0.2, 0.25) is 0 Å². The minimum atomic E-state index is -0.555. The SMILES string of the molecule is COc1ccc(-c2cc(C(=O)N3CCN(C(=O)OC(C)(C)C)CC3)c3ccccc3n2)cc1OC. The molecule has 2 aromatic carbocycles. The molecule has 184 valence electrons. The van der Waals surface area contributed by atoms with E-state index in [1.165, 1.54) is 0 Å². The van der Waals surface area contributed by atoms with Gasteiger partial charge in [-0.2, -0.15) is 0 Å². The van der Waals surface area contributed by atoms with Crippen LogP contribution in [-0.4, -0.2) is 72.8 Å². The van der Waals surface area contributed by atoms with E-state index in [1.54, 1.807) is 24.0 Å². The van der Waals surface area contributed by atoms with Gasteiger partial charge in [-0.05, 0) is 51.1 Å². The highest BCUT2D eigenvalue weighted by molar-refractivity contribution is 6.07. The van der Waals surface area contributed by atoms with Crippen molar-refractivity contribution in [1.82, 2.24) is 14.8 Å². The molecule has 3 aromatic rings. The maximum atomic E-state index is 13.6. The van der Waals surface area contributed by atoms with Crippen molar-refractivity contribution in [1.29, 1.82) is 0 Å². The van der Waals surface area contributed by atoms with Crippen LogP contribution in [0.4, 0.5) is 4.79 Å². The highest BCUT2D eigenvalue weighted by Crippen LogP contribution is 2.33. The molecule has 1 fully saturated rings. The van der Waals surface area contributed by atoms with Gasteiger partial charge in [0.05, 0.1) is 31.0 Å². The van der Waals surface area contributed by atoms with Crippen molar-refractivity contribution in [2.24, 2.45) is 0 Å². The number of fused-ring (bicyclic) bond motifs is 1. The Balaban J connectivity index is 1.62. The number of carbonyl (C=O) groups excluding carboxylic acids is 2. The second kappa shape index (κ2) is 9.82. The Morgan fingerprint density at radius 1 is 0.857 bits per heavy atom. The van der Waals surface area contributed by atoms with Gasteiger partial charge in [0, 0.05) is 37.1 Å². The molecule has 0 unspecified atom stereocenters. The molecule has 4 rings (SSSR count). The molecule has 0 radical (unpaired) electrons. The fourth-order valence-electron chi connectivity index (χ4n) is 4.08. The zero-order valence-electron chi connectivity index (χ0n) is 20.8. The normalized spacial score (nSPS) is 14.1. The first kappa shape index (κ1) is 24.3. The fourth-order valence-corrected chi connectivity index (χ4v) is 4.08. The lowest BCUT2D eigenvalue weighted by molar-refractivity contribution is 0.0141. The number of nitrogens with zero attached hydrogens (tertiary/aromatic N) is 3. The number of piperazine rings is 1. The Morgan fingerprint density at radius 2 is 1.51 bits per heavy atom. The average molecular weight is 478 g/mol. The van der Waals surface area contributed by atoms with E-state index in [4.69, 9.17) is 19.2 Å². The molecule has 2 heterocycles. The Morgan fingerprint density at radius 3 is 2.17 bits per heavy atom. The number of benzene rings is 2. The first-order valence-corrected chi connectivity index (χ1v) is 11.6. The minimum Gasteiger partial charge on any atom is -0.493 e. The number of methoxy groups -OCH3 is 2. The summed E-state index contributed by atoms with van der Waals surface area (Å²) >= 11 is 0. The molecule has 1 aromatic heterocycles. The molecule has 0 saturated carbocycles. The van der Waals surface area contributed by atoms with Crippen LogP contribution in [0.1, 0.15) is 31.1 Å². The molecule has 2 amide bonds. The van der Waals surface area contributed by atoms with Gasteiger partial charge in [0.25, 0.3) is 5.91 Å². The van der Waals surface area contributed by atoms with Crippen molar-refractivity contribution >= 4 is 22.9 Å². The number of rotatable bonds is 4. The first-order chi connectivity index (χ1) is 16.7. The number of hydrogen-bond donors (Lipinski definition) is 0. The summed E-state index contributed by atoms with van der Waals surface area (Å²) in [6.07, 6.45) is -0.352. The smallest absolute Gasteiger partial charge is 0.410 e. The third-order valence-electron chi connectivity index (χ3n) is 5.84. The van der Waals surface area contributed by atoms with Crippen LogP contribution in [-0.2, 0) is 4.74 Å². The van der Waals surface area contributed by atoms with Crippen LogP contribution in [0.15, 0.2) is 48.5 Å². The minimum absolute atomic E-state index is 0.0887. The van der Waals surface area contributed by atoms with E-state index in [1.807, 2.05) is 69.3 Å². The van der Waals surface area contributed by atoms with E-state index in [-0.39, 0.29) is 12.0 Å². The molecule has 0 spiro atoms. The summed E-state index contributed by atoms with van der Waals surface area (Å²) < 4.78 is 16.3. The molecule has 0 atom stereocenters. The quantitative estimate of drug-likeness (QED) is 0.546. The van der Waals surface area contributed by atoms with E-state index in [0.717, 1.165) is 16.5 Å². The maximum absolute atomic E-state index is 13.6. The third-order valence-corrected chi connectivity index (χ3v) is 5.84. The largest absolute Gasteiger partial charge is 0.493 e. The van der Waals surface area contributed by atoms with Gasteiger partial charge in [-0.1, -0.05) is 18.2 Å². The van der Waals surface area contributed by atoms with E-state index < -0.39 is 5.60 Å². The van der Waals surface area contributed by atoms with Gasteiger partial charge in [0.1, 0.15) is 5.60 Å². The van der Waals surface area contributed by atoms with Gasteiger partial charge in [0.15, 0.2) is 11.5 Å². The van der Waals surface area contributed by atoms with Gasteiger partial charge in [-0.15, -0.1) is 0 Å². The van der Waals surface area contributed by atoms with Crippen molar-refractivity contribution in [2.45, 2.75) is 26.4 Å². The molecule has 35 heavy (non-hydrogen) atoms. The Labute approximate surface area is 205 Å². The number of hydrogen-bond acceptors (Lipinski definition) is 6. The summed E-state index contributed by atoms with van der Waals surface area (Å²) in [5, 5.41) is 0.788. The summed E-state index contributed by atoms with van der Waals surface area (Å²) in [4.78, 5) is 34.3. The topological polar surface area (TPSA) is 81.2 Å². The summed E-state index contributed by atoms with van der Waals surface area (Å²) in [6.45, 7) is 7.24. The summed E-state index contributed by atoms with van der Waals surface area (Å²) in [7, 11) is 3.17. The van der Waals surface area contributed by atoms with Crippen LogP contribution in [0.3, 0.4) is 0 Å². The molecular formula is C27H31N3O5. The van der Waals surface area contributed by atoms with E-state index in [2.05, 4.69) is 0 Å². The van der Waals surface area contributed by atoms with Crippen molar-refractivity contribution in [2.75, 3.05) is 40.4 Å². The van der Waals surface area contributed by atoms with E-state index >= 15 is 0 Å². The second-order valence-corrected chi connectivity index (χ2v) is 9.40. The van der Waals surface area contributed by atoms with Gasteiger partial charge in [0.2, 0.25) is 0 Å². The average Bonchev–Trinajstić information content (AvgIpc) is 2.86. The highest BCUT2D eigenvalue weighted by atomic mass is 16.6. The monoisotopic (exact) mass is 477 g/mol. The number of amides is 2. The molecule has 0 bridgehead atoms. The van der Waals surface area contributed by atoms with Crippen molar-refractivity contribution in [3.63, 3.8) is 0 Å². The molecule has 1 aliphatic heterocycles. The van der Waals surface area contributed by atoms with Crippen LogP contribution in [0.25, 0.3) is 22.2 Å². The van der Waals surface area contributed by atoms with Gasteiger partial charge in [-0.3, -0.25) is 4.79 Å². The standard InChI is InChI=1S/C27H31N3O5/c1-27(2,3)35-26(32)30-14-12-29(13-15-30)25(31)20-17-22(28-21-9-7-6-8-19(20)21)18-10-11-23(33-4)24(16-18)34-5/h6-11,16-17H,12-15H2,1-5H3. The molecule has 1 saturated heterocycles. The maximum Gasteiger partial charge on any atom is 0.410 e. The van der Waals surface area contributed by atoms with Gasteiger partial charge < -0.3 is 24.0 Å². The lowest BCUT2D eigenvalue weighted by atomic mass is 10.0. The van der Waals surface area contributed by atoms with Crippen LogP contribution in [0, 0.1) is 0 Å². The predicted octanol–water partition coefficient (Wildman–Crippen LogP) is 4.61. The van der Waals surface area contributed by atoms with Crippen LogP contribution >= 0.6 is 0 Å². The number of para-hydroxylation sites is 1. The van der Waals surface area contributed by atoms with Crippen molar-refractivity contribution < 1.29 is 23.8 Å². The molecule has 8 heteroatoms. The molecule has 8 nitrogen and oxygen atoms in total. The van der Waals surface area contributed by atoms with Crippen LogP contribution < -0.4 is 9.47 Å². The van der Waals surface area contributed by atoms with E-state index in [0.29, 0.717) is 48.9 Å². The Hall–Kier alpha value is -3.81. The van der Waals surface area contributed by atoms with Crippen molar-refractivity contribution in [3.8, 4) is 22.8 Å². The van der Waals surface area contributed by atoms with Gasteiger partial charge in [-0.25, -0.2) is 9.78 Å². The van der Waals surface area contributed by atoms with Crippen molar-refractivity contribution in [3.05, 3.63) is 54.1 Å². The second-order valence-electron chi connectivity index (χ2n) is 9.40. The summed E-state index contributed by atoms with van der Waals surface area (Å²) in [5.41, 5.74) is 2.24. The zero-order valence-corrected chi connectivity index (χ0v) is 20.8. The summed E-state index contributed by atoms with van der Waals surface area (Å²) in [5.74, 6) is 1.12. The van der Waals surface area contributed by atoms with Gasteiger partial charge >= 0.3 is 6.09 Å². The molecular weight excluding hydrogens is 446 g/mol. The van der Waals surface area contributed by atoms with E-state index in [9.17, 15) is 9.59 Å². The zero-order chi connectivity index (χ0) is 25.2. The number of carbonyl (C=O) groups is 2. The molecule has 0 aliphatic carbocycles. The third kappa shape index (κ3) is 5.31. The Kier molecular flexibility index (Phi) is 6.82. The Bertz CT molecular complexity index is 1240. The van der Waals surface area contributed by atoms with Crippen LogP contribution in [0.5, 0.6) is 11.5 Å². The highest BCUT2D eigenvalue weighted by Gasteiger charge is 2.29. The molecule has 1 aliphatic rings. The number of aromatic nitrogens is 1. The number of ether oxygens (including phenoxy) is 3. The predicted molar refractivity (Wildman–Crippen MR) is 134 cm³/mol. The number of pyridine rings is 1. The summed E-state index contributed by atoms with van der Waals surface area (Å²) in [6, 6.07) is 15.0. The molecule has 0 N–H and O–H groups in total. The lowest BCUT2D eigenvalue weighted by Gasteiger charge is -2.35. The lowest BCUT2D eigenvalue weighted by Crippen LogP contribution is -2.51. The first-order valence-electron chi connectivity index (χ1n) is 11.6. The fraction of sp³-hybridized carbons (Fsp3) is 0.370.